The van der Waals surface area contributed by atoms with Crippen molar-refractivity contribution in [1.82, 2.24) is 0 Å². The average molecular weight is 605 g/mol. The zero-order valence-electron chi connectivity index (χ0n) is 21.2. The fourth-order valence-electron chi connectivity index (χ4n) is 5.02. The molecular weight excluding hydrogens is 581 g/mol. The van der Waals surface area contributed by atoms with Gasteiger partial charge in [0.05, 0.1) is 34.1 Å². The van der Waals surface area contributed by atoms with Crippen LogP contribution in [0.15, 0.2) is 5.38 Å². The van der Waals surface area contributed by atoms with E-state index in [2.05, 4.69) is 13.8 Å². The van der Waals surface area contributed by atoms with Crippen LogP contribution in [0, 0.1) is 0 Å². The number of ether oxygens (including phenoxy) is 8. The van der Waals surface area contributed by atoms with Gasteiger partial charge in [0.1, 0.15) is 52.9 Å². The first-order valence-corrected chi connectivity index (χ1v) is 16.2. The molecule has 4 aliphatic heterocycles. The summed E-state index contributed by atoms with van der Waals surface area (Å²) in [6.07, 6.45) is 0. The highest BCUT2D eigenvalue weighted by Gasteiger charge is 2.37. The molecule has 204 valence electrons. The highest BCUT2D eigenvalue weighted by Crippen LogP contribution is 2.65. The molecule has 8 heterocycles. The highest BCUT2D eigenvalue weighted by molar-refractivity contribution is 7.29. The molecule has 4 aliphatic rings. The Labute approximate surface area is 240 Å². The second-order valence-electron chi connectivity index (χ2n) is 9.49. The Bertz CT molecular complexity index is 1570. The summed E-state index contributed by atoms with van der Waals surface area (Å²) in [5.41, 5.74) is 0. The molecule has 39 heavy (non-hydrogen) atoms. The van der Waals surface area contributed by atoms with Crippen LogP contribution in [0.3, 0.4) is 0 Å². The van der Waals surface area contributed by atoms with Crippen molar-refractivity contribution in [3.05, 3.63) is 10.3 Å². The van der Waals surface area contributed by atoms with Crippen molar-refractivity contribution in [2.45, 2.75) is 19.8 Å². The first-order chi connectivity index (χ1) is 19.2. The van der Waals surface area contributed by atoms with Crippen molar-refractivity contribution in [2.24, 2.45) is 0 Å². The minimum Gasteiger partial charge on any atom is -0.485 e. The Morgan fingerprint density at radius 2 is 0.846 bits per heavy atom. The molecule has 4 aromatic rings. The van der Waals surface area contributed by atoms with Crippen LogP contribution in [0.2, 0.25) is 0 Å². The van der Waals surface area contributed by atoms with Crippen LogP contribution in [0.4, 0.5) is 0 Å². The van der Waals surface area contributed by atoms with Crippen molar-refractivity contribution in [3.63, 3.8) is 0 Å². The molecule has 0 aromatic carbocycles. The number of rotatable bonds is 4. The maximum absolute atomic E-state index is 6.28. The van der Waals surface area contributed by atoms with E-state index in [9.17, 15) is 0 Å². The number of thiophene rings is 4. The van der Waals surface area contributed by atoms with Crippen LogP contribution < -0.4 is 37.9 Å². The topological polar surface area (TPSA) is 73.8 Å². The van der Waals surface area contributed by atoms with E-state index in [4.69, 9.17) is 37.9 Å². The van der Waals surface area contributed by atoms with Crippen molar-refractivity contribution < 1.29 is 37.9 Å². The molecule has 8 nitrogen and oxygen atoms in total. The lowest BCUT2D eigenvalue weighted by molar-refractivity contribution is 0.170. The SMILES string of the molecule is CC(C)c1sc(-c2sc(-c3sc(-c4scc5c4OCCO5)c4c3OCCO4)c3c2OCCO3)c2c1OCCO2. The van der Waals surface area contributed by atoms with Gasteiger partial charge >= 0.3 is 0 Å². The first kappa shape index (κ1) is 24.0. The van der Waals surface area contributed by atoms with Gasteiger partial charge in [-0.3, -0.25) is 0 Å². The summed E-state index contributed by atoms with van der Waals surface area (Å²) < 4.78 is 49.1. The Balaban J connectivity index is 1.31. The summed E-state index contributed by atoms with van der Waals surface area (Å²) in [6.45, 7) is 8.46. The van der Waals surface area contributed by atoms with Crippen molar-refractivity contribution in [2.75, 3.05) is 52.9 Å². The van der Waals surface area contributed by atoms with Gasteiger partial charge in [0, 0.05) is 5.38 Å². The predicted octanol–water partition coefficient (Wildman–Crippen LogP) is 7.14. The van der Waals surface area contributed by atoms with Gasteiger partial charge in [0.2, 0.25) is 0 Å². The standard InChI is InChI=1S/C27H24O8S4/c1-12(2)21-15-16(31-6-5-30-15)24(37-21)25-19-20(35-10-9-34-19)27(39-25)26-18-17(32-7-8-33-18)23(38-26)22-14-13(11-36-22)28-3-4-29-14/h11-12H,3-10H2,1-2H3. The summed E-state index contributed by atoms with van der Waals surface area (Å²) in [5, 5.41) is 2.00. The molecule has 0 N–H and O–H groups in total. The predicted molar refractivity (Wildman–Crippen MR) is 152 cm³/mol. The van der Waals surface area contributed by atoms with Crippen molar-refractivity contribution in [1.29, 1.82) is 0 Å². The third-order valence-electron chi connectivity index (χ3n) is 6.67. The van der Waals surface area contributed by atoms with E-state index in [0.717, 1.165) is 75.3 Å². The van der Waals surface area contributed by atoms with Gasteiger partial charge in [-0.1, -0.05) is 13.8 Å². The second kappa shape index (κ2) is 9.39. The largest absolute Gasteiger partial charge is 0.485 e. The van der Waals surface area contributed by atoms with Crippen LogP contribution >= 0.6 is 45.3 Å². The molecule has 0 saturated carbocycles. The van der Waals surface area contributed by atoms with E-state index in [-0.39, 0.29) is 0 Å². The van der Waals surface area contributed by atoms with Gasteiger partial charge in [-0.15, -0.1) is 45.3 Å². The molecular formula is C27H24O8S4. The normalized spacial score (nSPS) is 17.0. The molecule has 0 saturated heterocycles. The molecule has 0 bridgehead atoms. The fraction of sp³-hybridized carbons (Fsp3) is 0.407. The molecule has 0 aliphatic carbocycles. The van der Waals surface area contributed by atoms with Gasteiger partial charge in [-0.05, 0) is 5.92 Å². The Morgan fingerprint density at radius 1 is 0.462 bits per heavy atom. The Hall–Kier alpha value is -2.80. The quantitative estimate of drug-likeness (QED) is 0.243. The lowest BCUT2D eigenvalue weighted by Crippen LogP contribution is -2.16. The molecule has 0 radical (unpaired) electrons. The first-order valence-electron chi connectivity index (χ1n) is 12.8. The molecule has 0 amide bonds. The van der Waals surface area contributed by atoms with E-state index >= 15 is 0 Å². The molecule has 0 unspecified atom stereocenters. The third-order valence-corrected chi connectivity index (χ3v) is 11.9. The molecule has 12 heteroatoms. The van der Waals surface area contributed by atoms with Crippen molar-refractivity contribution in [3.8, 4) is 75.3 Å². The van der Waals surface area contributed by atoms with Gasteiger partial charge in [-0.2, -0.15) is 0 Å². The zero-order valence-corrected chi connectivity index (χ0v) is 24.5. The lowest BCUT2D eigenvalue weighted by Gasteiger charge is -2.19. The van der Waals surface area contributed by atoms with Crippen LogP contribution in [-0.4, -0.2) is 52.9 Å². The van der Waals surface area contributed by atoms with Gasteiger partial charge in [0.15, 0.2) is 46.0 Å². The summed E-state index contributed by atoms with van der Waals surface area (Å²) in [7, 11) is 0. The Kier molecular flexibility index (Phi) is 5.79. The van der Waals surface area contributed by atoms with Gasteiger partial charge in [0.25, 0.3) is 0 Å². The average Bonchev–Trinajstić information content (AvgIpc) is 3.74. The Morgan fingerprint density at radius 3 is 1.36 bits per heavy atom. The summed E-state index contributed by atoms with van der Waals surface area (Å²) >= 11 is 6.57. The van der Waals surface area contributed by atoms with E-state index < -0.39 is 0 Å². The van der Waals surface area contributed by atoms with Crippen LogP contribution in [0.25, 0.3) is 29.3 Å². The molecule has 8 rings (SSSR count). The van der Waals surface area contributed by atoms with E-state index in [1.165, 1.54) is 4.88 Å². The minimum absolute atomic E-state index is 0.312. The summed E-state index contributed by atoms with van der Waals surface area (Å²) in [6, 6.07) is 0. The molecule has 0 atom stereocenters. The summed E-state index contributed by atoms with van der Waals surface area (Å²) in [5.74, 6) is 6.49. The smallest absolute Gasteiger partial charge is 0.181 e. The number of hydrogen-bond donors (Lipinski definition) is 0. The summed E-state index contributed by atoms with van der Waals surface area (Å²) in [4.78, 5) is 7.08. The lowest BCUT2D eigenvalue weighted by atomic mass is 10.1. The molecule has 0 spiro atoms. The van der Waals surface area contributed by atoms with Crippen LogP contribution in [-0.2, 0) is 0 Å². The highest BCUT2D eigenvalue weighted by atomic mass is 32.1. The van der Waals surface area contributed by atoms with E-state index in [1.807, 2.05) is 5.38 Å². The fourth-order valence-corrected chi connectivity index (χ4v) is 9.91. The van der Waals surface area contributed by atoms with Gasteiger partial charge < -0.3 is 37.9 Å². The maximum atomic E-state index is 6.28. The minimum atomic E-state index is 0.312. The van der Waals surface area contributed by atoms with E-state index in [1.54, 1.807) is 45.3 Å². The molecule has 0 fully saturated rings. The third kappa shape index (κ3) is 3.71. The van der Waals surface area contributed by atoms with Crippen LogP contribution in [0.1, 0.15) is 24.6 Å². The maximum Gasteiger partial charge on any atom is 0.181 e. The molecule has 4 aromatic heterocycles. The van der Waals surface area contributed by atoms with E-state index in [0.29, 0.717) is 58.8 Å². The monoisotopic (exact) mass is 604 g/mol. The van der Waals surface area contributed by atoms with Crippen LogP contribution in [0.5, 0.6) is 46.0 Å². The number of fused-ring (bicyclic) bond motifs is 4. The zero-order chi connectivity index (χ0) is 26.1. The van der Waals surface area contributed by atoms with Crippen molar-refractivity contribution >= 4 is 45.3 Å². The number of hydrogen-bond acceptors (Lipinski definition) is 12. The second-order valence-corrected chi connectivity index (χ2v) is 13.5. The van der Waals surface area contributed by atoms with Gasteiger partial charge in [-0.25, -0.2) is 0 Å².